The van der Waals surface area contributed by atoms with Gasteiger partial charge < -0.3 is 0 Å². The Morgan fingerprint density at radius 2 is 1.94 bits per heavy atom. The van der Waals surface area contributed by atoms with Gasteiger partial charge in [-0.05, 0) is 32.0 Å². The van der Waals surface area contributed by atoms with Crippen molar-refractivity contribution in [2.75, 3.05) is 0 Å². The van der Waals surface area contributed by atoms with Gasteiger partial charge in [0, 0.05) is 11.4 Å². The largest absolute Gasteiger partial charge is 0.300 e. The maximum atomic E-state index is 12.1. The number of sulfone groups is 1. The van der Waals surface area contributed by atoms with Crippen molar-refractivity contribution in [2.24, 2.45) is 0 Å². The van der Waals surface area contributed by atoms with E-state index >= 15 is 0 Å². The van der Waals surface area contributed by atoms with Crippen molar-refractivity contribution >= 4 is 38.8 Å². The van der Waals surface area contributed by atoms with Crippen LogP contribution in [0.5, 0.6) is 0 Å². The number of Topliss-reactive ketones (excluding diaryl/α,β-unsaturated/α-hetero) is 1. The van der Waals surface area contributed by atoms with Crippen molar-refractivity contribution in [2.45, 2.75) is 30.4 Å². The van der Waals surface area contributed by atoms with E-state index in [2.05, 4.69) is 0 Å². The van der Waals surface area contributed by atoms with Crippen LogP contribution in [0.25, 0.3) is 0 Å². The molecule has 1 rings (SSSR count). The standard InChI is InChI=1S/C11H12Cl2O3S/c1-7(14)5-8(2)17(15,16)11-6-9(12)3-4-10(11)13/h3-4,6,8H,5H2,1-2H3. The number of carbonyl (C=O) groups excluding carboxylic acids is 1. The predicted octanol–water partition coefficient (Wildman–Crippen LogP) is 3.13. The summed E-state index contributed by atoms with van der Waals surface area (Å²) in [5, 5.41) is -0.399. The molecule has 0 aliphatic heterocycles. The Kier molecular flexibility index (Phi) is 4.58. The van der Waals surface area contributed by atoms with Gasteiger partial charge in [0.1, 0.15) is 5.78 Å². The van der Waals surface area contributed by atoms with Gasteiger partial charge in [-0.15, -0.1) is 0 Å². The average molecular weight is 295 g/mol. The molecular weight excluding hydrogens is 283 g/mol. The highest BCUT2D eigenvalue weighted by atomic mass is 35.5. The fourth-order valence-electron chi connectivity index (χ4n) is 1.43. The second-order valence-electron chi connectivity index (χ2n) is 3.84. The van der Waals surface area contributed by atoms with Crippen LogP contribution in [0.2, 0.25) is 10.0 Å². The number of rotatable bonds is 4. The predicted molar refractivity (Wildman–Crippen MR) is 68.4 cm³/mol. The first-order valence-electron chi connectivity index (χ1n) is 4.93. The zero-order valence-electron chi connectivity index (χ0n) is 9.41. The van der Waals surface area contributed by atoms with Crippen molar-refractivity contribution in [1.29, 1.82) is 0 Å². The molecular formula is C11H12Cl2O3S. The summed E-state index contributed by atoms with van der Waals surface area (Å²) in [5.41, 5.74) is 0. The fourth-order valence-corrected chi connectivity index (χ4v) is 3.62. The van der Waals surface area contributed by atoms with Crippen LogP contribution in [0, 0.1) is 0 Å². The molecule has 0 saturated carbocycles. The van der Waals surface area contributed by atoms with Crippen LogP contribution >= 0.6 is 23.2 Å². The molecule has 1 aromatic carbocycles. The minimum absolute atomic E-state index is 0.0274. The maximum Gasteiger partial charge on any atom is 0.182 e. The van der Waals surface area contributed by atoms with Gasteiger partial charge in [-0.1, -0.05) is 23.2 Å². The highest BCUT2D eigenvalue weighted by molar-refractivity contribution is 7.92. The lowest BCUT2D eigenvalue weighted by Crippen LogP contribution is -2.21. The average Bonchev–Trinajstić information content (AvgIpc) is 2.20. The van der Waals surface area contributed by atoms with Gasteiger partial charge in [-0.3, -0.25) is 4.79 Å². The van der Waals surface area contributed by atoms with Crippen molar-refractivity contribution in [1.82, 2.24) is 0 Å². The van der Waals surface area contributed by atoms with Crippen molar-refractivity contribution in [3.8, 4) is 0 Å². The lowest BCUT2D eigenvalue weighted by Gasteiger charge is -2.12. The number of halogens is 2. The molecule has 0 spiro atoms. The molecule has 0 saturated heterocycles. The first-order chi connectivity index (χ1) is 7.75. The number of hydrogen-bond donors (Lipinski definition) is 0. The third-order valence-electron chi connectivity index (χ3n) is 2.30. The lowest BCUT2D eigenvalue weighted by molar-refractivity contribution is -0.116. The van der Waals surface area contributed by atoms with E-state index in [0.29, 0.717) is 5.02 Å². The molecule has 0 amide bonds. The molecule has 0 bridgehead atoms. The van der Waals surface area contributed by atoms with Crippen molar-refractivity contribution in [3.05, 3.63) is 28.2 Å². The van der Waals surface area contributed by atoms with Crippen LogP contribution in [0.15, 0.2) is 23.1 Å². The summed E-state index contributed by atoms with van der Waals surface area (Å²) in [7, 11) is -3.62. The topological polar surface area (TPSA) is 51.2 Å². The molecule has 1 atom stereocenters. The second-order valence-corrected chi connectivity index (χ2v) is 7.01. The molecule has 3 nitrogen and oxygen atoms in total. The molecule has 1 aromatic rings. The van der Waals surface area contributed by atoms with Gasteiger partial charge >= 0.3 is 0 Å². The van der Waals surface area contributed by atoms with E-state index in [4.69, 9.17) is 23.2 Å². The van der Waals surface area contributed by atoms with E-state index in [9.17, 15) is 13.2 Å². The molecule has 17 heavy (non-hydrogen) atoms. The summed E-state index contributed by atoms with van der Waals surface area (Å²) in [6.07, 6.45) is -0.0365. The fraction of sp³-hybridized carbons (Fsp3) is 0.364. The van der Waals surface area contributed by atoms with Crippen LogP contribution in [0.4, 0.5) is 0 Å². The monoisotopic (exact) mass is 294 g/mol. The van der Waals surface area contributed by atoms with Gasteiger partial charge in [0.2, 0.25) is 0 Å². The number of hydrogen-bond acceptors (Lipinski definition) is 3. The third kappa shape index (κ3) is 3.44. The number of ketones is 1. The van der Waals surface area contributed by atoms with E-state index in [0.717, 1.165) is 0 Å². The zero-order chi connectivity index (χ0) is 13.2. The molecule has 0 aromatic heterocycles. The smallest absolute Gasteiger partial charge is 0.182 e. The Morgan fingerprint density at radius 3 is 2.47 bits per heavy atom. The minimum Gasteiger partial charge on any atom is -0.300 e. The molecule has 0 N–H and O–H groups in total. The van der Waals surface area contributed by atoms with Gasteiger partial charge in [0.05, 0.1) is 15.2 Å². The minimum atomic E-state index is -3.62. The molecule has 1 unspecified atom stereocenters. The highest BCUT2D eigenvalue weighted by Crippen LogP contribution is 2.28. The Hall–Kier alpha value is -0.580. The quantitative estimate of drug-likeness (QED) is 0.857. The second kappa shape index (κ2) is 5.38. The molecule has 0 heterocycles. The van der Waals surface area contributed by atoms with Gasteiger partial charge in [0.15, 0.2) is 9.84 Å². The van der Waals surface area contributed by atoms with Gasteiger partial charge in [-0.2, -0.15) is 0 Å². The molecule has 0 fully saturated rings. The molecule has 94 valence electrons. The van der Waals surface area contributed by atoms with E-state index in [1.165, 1.54) is 32.0 Å². The van der Waals surface area contributed by atoms with Gasteiger partial charge in [0.25, 0.3) is 0 Å². The van der Waals surface area contributed by atoms with E-state index in [1.807, 2.05) is 0 Å². The van der Waals surface area contributed by atoms with E-state index < -0.39 is 15.1 Å². The number of carbonyl (C=O) groups is 1. The molecule has 6 heteroatoms. The molecule has 0 aliphatic rings. The van der Waals surface area contributed by atoms with Crippen molar-refractivity contribution < 1.29 is 13.2 Å². The first-order valence-corrected chi connectivity index (χ1v) is 7.23. The summed E-state index contributed by atoms with van der Waals surface area (Å²) in [6.45, 7) is 2.83. The Bertz CT molecular complexity index is 538. The summed E-state index contributed by atoms with van der Waals surface area (Å²) in [6, 6.07) is 4.24. The Morgan fingerprint density at radius 1 is 1.35 bits per heavy atom. The summed E-state index contributed by atoms with van der Waals surface area (Å²) in [4.78, 5) is 10.9. The van der Waals surface area contributed by atoms with Crippen molar-refractivity contribution in [3.63, 3.8) is 0 Å². The van der Waals surface area contributed by atoms with Crippen LogP contribution in [-0.4, -0.2) is 19.5 Å². The van der Waals surface area contributed by atoms with Crippen LogP contribution in [-0.2, 0) is 14.6 Å². The van der Waals surface area contributed by atoms with E-state index in [-0.39, 0.29) is 22.1 Å². The molecule has 0 radical (unpaired) electrons. The van der Waals surface area contributed by atoms with Crippen LogP contribution in [0.1, 0.15) is 20.3 Å². The third-order valence-corrected chi connectivity index (χ3v) is 5.16. The van der Waals surface area contributed by atoms with E-state index in [1.54, 1.807) is 0 Å². The summed E-state index contributed by atoms with van der Waals surface area (Å²) >= 11 is 11.6. The number of benzene rings is 1. The lowest BCUT2D eigenvalue weighted by atomic mass is 10.2. The Balaban J connectivity index is 3.21. The first kappa shape index (κ1) is 14.5. The maximum absolute atomic E-state index is 12.1. The van der Waals surface area contributed by atoms with Crippen LogP contribution in [0.3, 0.4) is 0 Å². The zero-order valence-corrected chi connectivity index (χ0v) is 11.7. The molecule has 0 aliphatic carbocycles. The normalized spacial score (nSPS) is 13.4. The summed E-state index contributed by atoms with van der Waals surface area (Å²) < 4.78 is 24.3. The Labute approximate surface area is 111 Å². The highest BCUT2D eigenvalue weighted by Gasteiger charge is 2.26. The SMILES string of the molecule is CC(=O)CC(C)S(=O)(=O)c1cc(Cl)ccc1Cl. The van der Waals surface area contributed by atoms with Crippen LogP contribution < -0.4 is 0 Å². The summed E-state index contributed by atoms with van der Waals surface area (Å²) in [5.74, 6) is -0.181. The van der Waals surface area contributed by atoms with Gasteiger partial charge in [-0.25, -0.2) is 8.42 Å².